The predicted molar refractivity (Wildman–Crippen MR) is 220 cm³/mol. The molecule has 1 amide bonds. The van der Waals surface area contributed by atoms with Gasteiger partial charge in [0.2, 0.25) is 23.4 Å². The summed E-state index contributed by atoms with van der Waals surface area (Å²) >= 11 is 0. The number of amides is 1. The number of carbonyl (C=O) groups is 4. The lowest BCUT2D eigenvalue weighted by atomic mass is 9.84. The Hall–Kier alpha value is -3.64. The van der Waals surface area contributed by atoms with Gasteiger partial charge in [0.05, 0.1) is 12.8 Å². The van der Waals surface area contributed by atoms with Gasteiger partial charge in [-0.3, -0.25) is 19.2 Å². The van der Waals surface area contributed by atoms with Crippen LogP contribution in [-0.2, 0) is 19.1 Å². The molecule has 58 heavy (non-hydrogen) atoms. The van der Waals surface area contributed by atoms with Gasteiger partial charge in [0.15, 0.2) is 0 Å². The second kappa shape index (κ2) is 22.7. The van der Waals surface area contributed by atoms with E-state index in [0.29, 0.717) is 17.7 Å². The molecule has 2 atom stereocenters. The zero-order chi connectivity index (χ0) is 42.3. The smallest absolute Gasteiger partial charge is 0.307 e. The summed E-state index contributed by atoms with van der Waals surface area (Å²) in [7, 11) is 0. The standard InChI is InChI=1S/C25H41N3O4.C20H32N2O4/c1-18-13-15-28(16-14-18)24(30)22-26-23(32-27-22)20(17-21(29)31-25(2,3)4)12-8-11-19-9-6-5-7-10-19;1-14(23)18-21-19(26-22-18)16(13-17(24)25-20(2,3)4)12-8-11-15-9-6-5-7-10-15/h18-20H,5-17H2,1-4H3;15-16H,5-13H2,1-4H3/t20-;16-/m11/s1. The van der Waals surface area contributed by atoms with Crippen LogP contribution in [0.2, 0.25) is 0 Å². The molecule has 0 unspecified atom stereocenters. The van der Waals surface area contributed by atoms with Crippen molar-refractivity contribution in [3.63, 3.8) is 0 Å². The first kappa shape index (κ1) is 47.0. The minimum absolute atomic E-state index is 0.0708. The highest BCUT2D eigenvalue weighted by Crippen LogP contribution is 2.33. The first-order valence-electron chi connectivity index (χ1n) is 22.4. The molecule has 13 nitrogen and oxygen atoms in total. The Morgan fingerprint density at radius 3 is 1.47 bits per heavy atom. The molecule has 13 heteroatoms. The monoisotopic (exact) mass is 812 g/mol. The second-order valence-electron chi connectivity index (χ2n) is 19.3. The zero-order valence-corrected chi connectivity index (χ0v) is 36.9. The molecule has 1 aliphatic heterocycles. The molecule has 0 spiro atoms. The van der Waals surface area contributed by atoms with E-state index in [-0.39, 0.29) is 60.0 Å². The Morgan fingerprint density at radius 1 is 0.655 bits per heavy atom. The van der Waals surface area contributed by atoms with E-state index in [1.807, 2.05) is 41.5 Å². The number of ether oxygens (including phenoxy) is 2. The summed E-state index contributed by atoms with van der Waals surface area (Å²) in [4.78, 5) is 59.5. The van der Waals surface area contributed by atoms with Crippen LogP contribution >= 0.6 is 0 Å². The van der Waals surface area contributed by atoms with Crippen LogP contribution in [0.3, 0.4) is 0 Å². The first-order chi connectivity index (χ1) is 27.5. The third kappa shape index (κ3) is 16.9. The molecule has 326 valence electrons. The molecule has 1 saturated heterocycles. The molecular formula is C45H73N5O8. The quantitative estimate of drug-likeness (QED) is 0.116. The largest absolute Gasteiger partial charge is 0.460 e. The summed E-state index contributed by atoms with van der Waals surface area (Å²) in [5.74, 6) is 1.77. The Labute approximate surface area is 346 Å². The molecule has 3 heterocycles. The summed E-state index contributed by atoms with van der Waals surface area (Å²) in [5.41, 5.74) is -1.06. The molecule has 2 saturated carbocycles. The number of esters is 2. The van der Waals surface area contributed by atoms with Crippen molar-refractivity contribution in [1.82, 2.24) is 25.2 Å². The maximum Gasteiger partial charge on any atom is 0.307 e. The van der Waals surface area contributed by atoms with Crippen molar-refractivity contribution in [2.45, 2.75) is 207 Å². The lowest BCUT2D eigenvalue weighted by molar-refractivity contribution is -0.156. The van der Waals surface area contributed by atoms with Crippen LogP contribution in [0.1, 0.15) is 229 Å². The van der Waals surface area contributed by atoms with Crippen molar-refractivity contribution >= 4 is 23.6 Å². The van der Waals surface area contributed by atoms with Crippen LogP contribution in [0.4, 0.5) is 0 Å². The molecule has 0 aromatic carbocycles. The number of nitrogens with zero attached hydrogens (tertiary/aromatic N) is 5. The lowest BCUT2D eigenvalue weighted by Crippen LogP contribution is -2.38. The van der Waals surface area contributed by atoms with Crippen molar-refractivity contribution < 1.29 is 37.7 Å². The topological polar surface area (TPSA) is 168 Å². The molecule has 3 aliphatic rings. The summed E-state index contributed by atoms with van der Waals surface area (Å²) in [6.07, 6.45) is 21.6. The van der Waals surface area contributed by atoms with E-state index in [1.165, 1.54) is 77.6 Å². The number of carbonyl (C=O) groups excluding carboxylic acids is 4. The Bertz CT molecular complexity index is 1570. The van der Waals surface area contributed by atoms with Crippen LogP contribution < -0.4 is 0 Å². The Kier molecular flexibility index (Phi) is 18.4. The van der Waals surface area contributed by atoms with Crippen molar-refractivity contribution in [2.24, 2.45) is 17.8 Å². The minimum atomic E-state index is -0.537. The van der Waals surface area contributed by atoms with E-state index in [9.17, 15) is 19.2 Å². The van der Waals surface area contributed by atoms with Crippen LogP contribution in [0.5, 0.6) is 0 Å². The highest BCUT2D eigenvalue weighted by atomic mass is 16.6. The Balaban J connectivity index is 0.000000262. The zero-order valence-electron chi connectivity index (χ0n) is 36.9. The third-order valence-corrected chi connectivity index (χ3v) is 11.6. The van der Waals surface area contributed by atoms with E-state index in [4.69, 9.17) is 18.5 Å². The highest BCUT2D eigenvalue weighted by Gasteiger charge is 2.31. The van der Waals surface area contributed by atoms with E-state index in [1.54, 1.807) is 4.90 Å². The third-order valence-electron chi connectivity index (χ3n) is 11.6. The minimum Gasteiger partial charge on any atom is -0.460 e. The summed E-state index contributed by atoms with van der Waals surface area (Å²) in [6.45, 7) is 16.2. The first-order valence-corrected chi connectivity index (χ1v) is 22.4. The van der Waals surface area contributed by atoms with Gasteiger partial charge in [-0.15, -0.1) is 0 Å². The maximum atomic E-state index is 12.8. The van der Waals surface area contributed by atoms with Gasteiger partial charge in [-0.2, -0.15) is 9.97 Å². The lowest BCUT2D eigenvalue weighted by Gasteiger charge is -2.29. The van der Waals surface area contributed by atoms with Gasteiger partial charge in [0, 0.05) is 31.8 Å². The highest BCUT2D eigenvalue weighted by molar-refractivity contribution is 5.90. The van der Waals surface area contributed by atoms with Crippen molar-refractivity contribution in [1.29, 1.82) is 0 Å². The van der Waals surface area contributed by atoms with Crippen molar-refractivity contribution in [2.75, 3.05) is 13.1 Å². The maximum absolute atomic E-state index is 12.8. The van der Waals surface area contributed by atoms with E-state index < -0.39 is 11.2 Å². The van der Waals surface area contributed by atoms with Crippen LogP contribution in [-0.4, -0.2) is 73.1 Å². The van der Waals surface area contributed by atoms with E-state index in [2.05, 4.69) is 27.2 Å². The molecule has 3 fully saturated rings. The fourth-order valence-corrected chi connectivity index (χ4v) is 8.44. The predicted octanol–water partition coefficient (Wildman–Crippen LogP) is 10.3. The summed E-state index contributed by atoms with van der Waals surface area (Å²) < 4.78 is 21.8. The normalized spacial score (nSPS) is 18.5. The van der Waals surface area contributed by atoms with Gasteiger partial charge in [-0.05, 0) is 85.0 Å². The Morgan fingerprint density at radius 2 is 1.07 bits per heavy atom. The number of rotatable bonds is 16. The summed E-state index contributed by atoms with van der Waals surface area (Å²) in [6, 6.07) is 0. The molecule has 0 bridgehead atoms. The van der Waals surface area contributed by atoms with E-state index in [0.717, 1.165) is 69.9 Å². The SMILES string of the molecule is CC(=O)c1noc([C@H](CCCC2CCCCC2)CC(=O)OC(C)(C)C)n1.CC1CCN(C(=O)c2noc([C@H](CCCC3CCCCC3)CC(=O)OC(C)(C)C)n2)CC1. The number of hydrogen-bond donors (Lipinski definition) is 0. The number of hydrogen-bond acceptors (Lipinski definition) is 12. The van der Waals surface area contributed by atoms with Crippen molar-refractivity contribution in [3.05, 3.63) is 23.4 Å². The number of piperidine rings is 1. The van der Waals surface area contributed by atoms with Gasteiger partial charge in [-0.1, -0.05) is 107 Å². The molecule has 2 aromatic heterocycles. The fraction of sp³-hybridized carbons (Fsp3) is 0.822. The molecule has 5 rings (SSSR count). The number of aromatic nitrogens is 4. The average molecular weight is 812 g/mol. The molecule has 2 aliphatic carbocycles. The number of Topliss-reactive ketones (excluding diaryl/α,β-unsaturated/α-hetero) is 1. The molecular weight excluding hydrogens is 739 g/mol. The number of likely N-dealkylation sites (tertiary alicyclic amines) is 1. The van der Waals surface area contributed by atoms with E-state index >= 15 is 0 Å². The molecule has 0 N–H and O–H groups in total. The fourth-order valence-electron chi connectivity index (χ4n) is 8.44. The van der Waals surface area contributed by atoms with Gasteiger partial charge < -0.3 is 23.4 Å². The second-order valence-corrected chi connectivity index (χ2v) is 19.3. The van der Waals surface area contributed by atoms with Gasteiger partial charge >= 0.3 is 11.9 Å². The average Bonchev–Trinajstić information content (AvgIpc) is 3.86. The van der Waals surface area contributed by atoms with Crippen LogP contribution in [0.25, 0.3) is 0 Å². The number of ketones is 1. The van der Waals surface area contributed by atoms with Crippen LogP contribution in [0, 0.1) is 17.8 Å². The van der Waals surface area contributed by atoms with Crippen molar-refractivity contribution in [3.8, 4) is 0 Å². The van der Waals surface area contributed by atoms with Crippen LogP contribution in [0.15, 0.2) is 9.05 Å². The van der Waals surface area contributed by atoms with Gasteiger partial charge in [0.25, 0.3) is 11.7 Å². The molecule has 0 radical (unpaired) electrons. The molecule has 2 aromatic rings. The summed E-state index contributed by atoms with van der Waals surface area (Å²) in [5, 5.41) is 7.71. The van der Waals surface area contributed by atoms with Gasteiger partial charge in [-0.25, -0.2) is 0 Å². The van der Waals surface area contributed by atoms with Gasteiger partial charge in [0.1, 0.15) is 11.2 Å².